The van der Waals surface area contributed by atoms with Crippen LogP contribution in [0.5, 0.6) is 0 Å². The lowest BCUT2D eigenvalue weighted by Crippen LogP contribution is -2.51. The van der Waals surface area contributed by atoms with Crippen LogP contribution in [0.2, 0.25) is 0 Å². The van der Waals surface area contributed by atoms with E-state index in [1.807, 2.05) is 0 Å². The third-order valence-electron chi connectivity index (χ3n) is 7.88. The Hall–Kier alpha value is -5.47. The van der Waals surface area contributed by atoms with Gasteiger partial charge in [-0.2, -0.15) is 13.2 Å². The quantitative estimate of drug-likeness (QED) is 0.273. The number of anilines is 3. The Morgan fingerprint density at radius 1 is 0.957 bits per heavy atom. The highest BCUT2D eigenvalue weighted by molar-refractivity contribution is 6.06. The topological polar surface area (TPSA) is 137 Å². The van der Waals surface area contributed by atoms with E-state index >= 15 is 0 Å². The number of amides is 6. The summed E-state index contributed by atoms with van der Waals surface area (Å²) in [5.74, 6) is -2.94. The molecule has 3 aromatic carbocycles. The molecule has 246 valence electrons. The standard InChI is InChI=1S/C32H29F4N5O6/c1-18(32(34,35)36)40(16-20-6-8-22(33)9-7-20)27(43)17-41-28(44)31(47-30(41)46)13-12-21-14-25(10-11-26(21)31)39-29(45)38-24-5-3-4-23(15-24)37-19(2)42/h3-11,14-15,18H,12-13,16-17H2,1-2H3,(H,37,42)(H2,38,39,45)/t18-,31+/m0/s1. The molecule has 3 aromatic rings. The number of benzene rings is 3. The van der Waals surface area contributed by atoms with Crippen molar-refractivity contribution in [2.45, 2.75) is 51.1 Å². The van der Waals surface area contributed by atoms with Crippen molar-refractivity contribution in [1.29, 1.82) is 0 Å². The smallest absolute Gasteiger partial charge is 0.418 e. The first-order valence-electron chi connectivity index (χ1n) is 14.4. The van der Waals surface area contributed by atoms with Crippen LogP contribution in [0.3, 0.4) is 0 Å². The van der Waals surface area contributed by atoms with Crippen molar-refractivity contribution in [2.75, 3.05) is 22.5 Å². The van der Waals surface area contributed by atoms with Crippen LogP contribution in [-0.4, -0.2) is 58.4 Å². The lowest BCUT2D eigenvalue weighted by atomic mass is 9.94. The molecule has 0 saturated carbocycles. The molecule has 5 rings (SSSR count). The summed E-state index contributed by atoms with van der Waals surface area (Å²) in [5.41, 5.74) is 0.587. The molecule has 0 bridgehead atoms. The van der Waals surface area contributed by atoms with Gasteiger partial charge in [0.05, 0.1) is 0 Å². The van der Waals surface area contributed by atoms with E-state index in [-0.39, 0.29) is 24.3 Å². The first-order chi connectivity index (χ1) is 22.2. The predicted molar refractivity (Wildman–Crippen MR) is 160 cm³/mol. The van der Waals surface area contributed by atoms with E-state index in [1.54, 1.807) is 30.3 Å². The summed E-state index contributed by atoms with van der Waals surface area (Å²) >= 11 is 0. The SMILES string of the molecule is CC(=O)Nc1cccc(NC(=O)Nc2ccc3c(c2)CC[C@@]32OC(=O)N(CC(=O)N(Cc3ccc(F)cc3)[C@@H](C)C(F)(F)F)C2=O)c1. The van der Waals surface area contributed by atoms with Gasteiger partial charge in [0.2, 0.25) is 17.4 Å². The maximum absolute atomic E-state index is 13.7. The van der Waals surface area contributed by atoms with Crippen LogP contribution in [-0.2, 0) is 37.7 Å². The Labute approximate surface area is 265 Å². The predicted octanol–water partition coefficient (Wildman–Crippen LogP) is 5.53. The molecule has 0 unspecified atom stereocenters. The molecule has 3 N–H and O–H groups in total. The minimum Gasteiger partial charge on any atom is -0.427 e. The summed E-state index contributed by atoms with van der Waals surface area (Å²) in [4.78, 5) is 64.7. The van der Waals surface area contributed by atoms with E-state index in [0.29, 0.717) is 38.0 Å². The minimum atomic E-state index is -4.82. The molecule has 6 amide bonds. The van der Waals surface area contributed by atoms with E-state index in [4.69, 9.17) is 4.74 Å². The Bertz CT molecular complexity index is 1750. The fourth-order valence-corrected chi connectivity index (χ4v) is 5.53. The largest absolute Gasteiger partial charge is 0.427 e. The number of fused-ring (bicyclic) bond motifs is 2. The first kappa shape index (κ1) is 32.9. The molecule has 1 aliphatic heterocycles. The minimum absolute atomic E-state index is 0.0153. The molecule has 1 saturated heterocycles. The summed E-state index contributed by atoms with van der Waals surface area (Å²) in [6.07, 6.45) is -5.73. The summed E-state index contributed by atoms with van der Waals surface area (Å²) in [5, 5.41) is 7.93. The van der Waals surface area contributed by atoms with Crippen LogP contribution in [0.4, 0.5) is 44.2 Å². The van der Waals surface area contributed by atoms with Crippen LogP contribution in [0.25, 0.3) is 0 Å². The molecule has 1 fully saturated rings. The Kier molecular flexibility index (Phi) is 8.91. The van der Waals surface area contributed by atoms with Gasteiger partial charge in [-0.3, -0.25) is 14.4 Å². The summed E-state index contributed by atoms with van der Waals surface area (Å²) in [7, 11) is 0. The van der Waals surface area contributed by atoms with Gasteiger partial charge in [-0.05, 0) is 66.9 Å². The fourth-order valence-electron chi connectivity index (χ4n) is 5.53. The number of nitrogens with one attached hydrogen (secondary N) is 3. The van der Waals surface area contributed by atoms with E-state index in [1.165, 1.54) is 31.2 Å². The monoisotopic (exact) mass is 655 g/mol. The van der Waals surface area contributed by atoms with E-state index in [9.17, 15) is 41.5 Å². The molecular weight excluding hydrogens is 626 g/mol. The number of urea groups is 1. The zero-order valence-electron chi connectivity index (χ0n) is 25.1. The number of alkyl halides is 3. The van der Waals surface area contributed by atoms with Gasteiger partial charge in [0, 0.05) is 42.5 Å². The van der Waals surface area contributed by atoms with Gasteiger partial charge < -0.3 is 25.6 Å². The van der Waals surface area contributed by atoms with Crippen molar-refractivity contribution in [2.24, 2.45) is 0 Å². The van der Waals surface area contributed by atoms with Crippen LogP contribution < -0.4 is 16.0 Å². The number of nitrogens with zero attached hydrogens (tertiary/aromatic N) is 2. The fraction of sp³-hybridized carbons (Fsp3) is 0.281. The highest BCUT2D eigenvalue weighted by atomic mass is 19.4. The van der Waals surface area contributed by atoms with Crippen LogP contribution in [0.1, 0.15) is 37.0 Å². The van der Waals surface area contributed by atoms with Crippen molar-refractivity contribution < 1.29 is 46.3 Å². The number of ether oxygens (including phenoxy) is 1. The Morgan fingerprint density at radius 3 is 2.23 bits per heavy atom. The third kappa shape index (κ3) is 7.03. The molecule has 2 atom stereocenters. The van der Waals surface area contributed by atoms with E-state index in [0.717, 1.165) is 19.1 Å². The van der Waals surface area contributed by atoms with Gasteiger partial charge in [-0.1, -0.05) is 24.3 Å². The highest BCUT2D eigenvalue weighted by Crippen LogP contribution is 2.46. The Morgan fingerprint density at radius 2 is 1.60 bits per heavy atom. The third-order valence-corrected chi connectivity index (χ3v) is 7.88. The van der Waals surface area contributed by atoms with Gasteiger partial charge in [-0.15, -0.1) is 0 Å². The number of carbonyl (C=O) groups excluding carboxylic acids is 5. The average Bonchev–Trinajstić information content (AvgIpc) is 3.47. The number of carbonyl (C=O) groups is 5. The van der Waals surface area contributed by atoms with Crippen molar-refractivity contribution in [3.63, 3.8) is 0 Å². The van der Waals surface area contributed by atoms with Gasteiger partial charge in [0.15, 0.2) is 0 Å². The molecule has 11 nitrogen and oxygen atoms in total. The normalized spacial score (nSPS) is 17.6. The lowest BCUT2D eigenvalue weighted by molar-refractivity contribution is -0.187. The molecule has 1 spiro atoms. The number of imide groups is 1. The molecular formula is C32H29F4N5O6. The lowest BCUT2D eigenvalue weighted by Gasteiger charge is -2.31. The van der Waals surface area contributed by atoms with Crippen molar-refractivity contribution >= 4 is 46.9 Å². The van der Waals surface area contributed by atoms with Gasteiger partial charge >= 0.3 is 18.3 Å². The number of hydrogen-bond donors (Lipinski definition) is 3. The van der Waals surface area contributed by atoms with Gasteiger partial charge in [0.1, 0.15) is 18.4 Å². The summed E-state index contributed by atoms with van der Waals surface area (Å²) < 4.78 is 60.0. The highest BCUT2D eigenvalue weighted by Gasteiger charge is 2.58. The molecule has 15 heteroatoms. The molecule has 1 heterocycles. The summed E-state index contributed by atoms with van der Waals surface area (Å²) in [6, 6.07) is 12.8. The van der Waals surface area contributed by atoms with Crippen molar-refractivity contribution in [1.82, 2.24) is 9.80 Å². The van der Waals surface area contributed by atoms with Crippen LogP contribution in [0.15, 0.2) is 66.7 Å². The number of rotatable bonds is 8. The second-order valence-electron chi connectivity index (χ2n) is 11.2. The molecule has 0 aromatic heterocycles. The number of aryl methyl sites for hydroxylation is 1. The number of halogens is 4. The van der Waals surface area contributed by atoms with E-state index < -0.39 is 60.7 Å². The molecule has 0 radical (unpaired) electrons. The second kappa shape index (κ2) is 12.7. The zero-order chi connectivity index (χ0) is 34.1. The van der Waals surface area contributed by atoms with E-state index in [2.05, 4.69) is 16.0 Å². The maximum atomic E-state index is 13.7. The summed E-state index contributed by atoms with van der Waals surface area (Å²) in [6.45, 7) is 0.579. The zero-order valence-corrected chi connectivity index (χ0v) is 25.1. The average molecular weight is 656 g/mol. The second-order valence-corrected chi connectivity index (χ2v) is 11.2. The first-order valence-corrected chi connectivity index (χ1v) is 14.4. The van der Waals surface area contributed by atoms with Gasteiger partial charge in [0.25, 0.3) is 5.91 Å². The molecule has 1 aliphatic carbocycles. The number of hydrogen-bond acceptors (Lipinski definition) is 6. The molecule has 47 heavy (non-hydrogen) atoms. The van der Waals surface area contributed by atoms with Gasteiger partial charge in [-0.25, -0.2) is 18.9 Å². The van der Waals surface area contributed by atoms with Crippen LogP contribution >= 0.6 is 0 Å². The van der Waals surface area contributed by atoms with Crippen LogP contribution in [0, 0.1) is 5.82 Å². The van der Waals surface area contributed by atoms with Crippen molar-refractivity contribution in [3.05, 3.63) is 89.2 Å². The van der Waals surface area contributed by atoms with Crippen molar-refractivity contribution in [3.8, 4) is 0 Å². The molecule has 2 aliphatic rings. The Balaban J connectivity index is 1.29. The maximum Gasteiger partial charge on any atom is 0.418 e.